The predicted octanol–water partition coefficient (Wildman–Crippen LogP) is 3.98. The Bertz CT molecular complexity index is 1350. The first-order valence-electron chi connectivity index (χ1n) is 13.1. The van der Waals surface area contributed by atoms with Crippen molar-refractivity contribution in [3.63, 3.8) is 0 Å². The van der Waals surface area contributed by atoms with Gasteiger partial charge in [-0.1, -0.05) is 49.4 Å². The Morgan fingerprint density at radius 1 is 0.875 bits per heavy atom. The van der Waals surface area contributed by atoms with E-state index in [0.717, 1.165) is 21.7 Å². The van der Waals surface area contributed by atoms with Crippen molar-refractivity contribution in [3.05, 3.63) is 90.0 Å². The van der Waals surface area contributed by atoms with Crippen LogP contribution >= 0.6 is 0 Å². The highest BCUT2D eigenvalue weighted by molar-refractivity contribution is 7.92. The maximum atomic E-state index is 13.7. The molecular weight excluding hydrogens is 530 g/mol. The quantitative estimate of drug-likeness (QED) is 0.316. The zero-order chi connectivity index (χ0) is 29.1. The van der Waals surface area contributed by atoms with Crippen LogP contribution in [0.1, 0.15) is 31.4 Å². The van der Waals surface area contributed by atoms with E-state index in [0.29, 0.717) is 36.8 Å². The van der Waals surface area contributed by atoms with Crippen LogP contribution in [0.25, 0.3) is 0 Å². The molecule has 9 nitrogen and oxygen atoms in total. The number of anilines is 1. The number of nitrogens with zero attached hydrogens (tertiary/aromatic N) is 2. The number of methoxy groups -OCH3 is 1. The van der Waals surface area contributed by atoms with Crippen LogP contribution in [0.2, 0.25) is 0 Å². The lowest BCUT2D eigenvalue weighted by Crippen LogP contribution is -2.52. The third-order valence-corrected chi connectivity index (χ3v) is 7.44. The van der Waals surface area contributed by atoms with Gasteiger partial charge in [0.2, 0.25) is 21.8 Å². The Morgan fingerprint density at radius 2 is 1.50 bits per heavy atom. The fourth-order valence-corrected chi connectivity index (χ4v) is 5.05. The fourth-order valence-electron chi connectivity index (χ4n) is 4.20. The Morgan fingerprint density at radius 3 is 2.05 bits per heavy atom. The van der Waals surface area contributed by atoms with Crippen molar-refractivity contribution in [1.29, 1.82) is 0 Å². The summed E-state index contributed by atoms with van der Waals surface area (Å²) in [5.41, 5.74) is 2.10. The monoisotopic (exact) mass is 567 g/mol. The molecule has 3 aromatic carbocycles. The third-order valence-electron chi connectivity index (χ3n) is 6.30. The van der Waals surface area contributed by atoms with Crippen molar-refractivity contribution < 1.29 is 27.5 Å². The van der Waals surface area contributed by atoms with Crippen LogP contribution in [0.3, 0.4) is 0 Å². The van der Waals surface area contributed by atoms with Crippen LogP contribution in [0.4, 0.5) is 5.69 Å². The van der Waals surface area contributed by atoms with E-state index in [9.17, 15) is 18.0 Å². The van der Waals surface area contributed by atoms with E-state index in [1.54, 1.807) is 50.4 Å². The van der Waals surface area contributed by atoms with E-state index >= 15 is 0 Å². The summed E-state index contributed by atoms with van der Waals surface area (Å²) in [4.78, 5) is 28.1. The van der Waals surface area contributed by atoms with E-state index in [1.807, 2.05) is 49.4 Å². The first kappa shape index (κ1) is 30.5. The van der Waals surface area contributed by atoms with Crippen LogP contribution in [0, 0.1) is 0 Å². The van der Waals surface area contributed by atoms with Gasteiger partial charge < -0.3 is 19.7 Å². The molecule has 0 aliphatic carbocycles. The normalized spacial score (nSPS) is 11.8. The number of hydrogen-bond donors (Lipinski definition) is 1. The summed E-state index contributed by atoms with van der Waals surface area (Å²) in [6.45, 7) is 4.06. The number of likely N-dealkylation sites (N-methyl/N-ethyl adjacent to an activating group) is 1. The Hall–Kier alpha value is -4.05. The molecule has 0 radical (unpaired) electrons. The van der Waals surface area contributed by atoms with E-state index in [4.69, 9.17) is 9.47 Å². The second kappa shape index (κ2) is 14.4. The van der Waals surface area contributed by atoms with Gasteiger partial charge in [0.1, 0.15) is 30.7 Å². The molecule has 0 aromatic heterocycles. The van der Waals surface area contributed by atoms with Crippen molar-refractivity contribution in [2.75, 3.05) is 30.8 Å². The molecule has 2 amide bonds. The van der Waals surface area contributed by atoms with Crippen molar-refractivity contribution in [2.24, 2.45) is 0 Å². The standard InChI is InChI=1S/C30H37N3O6S/c1-5-28(30(35)31-6-2)32(20-23-12-16-26(38-3)17-13-23)29(34)21-33(40(4,36)37)25-14-18-27(19-15-25)39-22-24-10-8-7-9-11-24/h7-19,28H,5-6,20-22H2,1-4H3,(H,31,35). The molecule has 10 heteroatoms. The molecule has 0 fully saturated rings. The number of ether oxygens (including phenoxy) is 2. The molecule has 1 atom stereocenters. The number of rotatable bonds is 14. The molecule has 0 aliphatic heterocycles. The van der Waals surface area contributed by atoms with E-state index in [2.05, 4.69) is 5.32 Å². The van der Waals surface area contributed by atoms with E-state index in [1.165, 1.54) is 4.90 Å². The number of benzene rings is 3. The molecule has 40 heavy (non-hydrogen) atoms. The Labute approximate surface area is 236 Å². The van der Waals surface area contributed by atoms with Gasteiger partial charge in [-0.25, -0.2) is 8.42 Å². The lowest BCUT2D eigenvalue weighted by atomic mass is 10.1. The minimum Gasteiger partial charge on any atom is -0.497 e. The van der Waals surface area contributed by atoms with Gasteiger partial charge in [0.15, 0.2) is 0 Å². The minimum atomic E-state index is -3.83. The molecule has 1 unspecified atom stereocenters. The molecule has 214 valence electrons. The van der Waals surface area contributed by atoms with Gasteiger partial charge in [-0.2, -0.15) is 0 Å². The van der Waals surface area contributed by atoms with Gasteiger partial charge in [0.25, 0.3) is 0 Å². The highest BCUT2D eigenvalue weighted by Crippen LogP contribution is 2.24. The second-order valence-electron chi connectivity index (χ2n) is 9.23. The number of hydrogen-bond acceptors (Lipinski definition) is 6. The summed E-state index contributed by atoms with van der Waals surface area (Å²) in [5.74, 6) is 0.439. The number of carbonyl (C=O) groups excluding carboxylic acids is 2. The largest absolute Gasteiger partial charge is 0.497 e. The predicted molar refractivity (Wildman–Crippen MR) is 156 cm³/mol. The van der Waals surface area contributed by atoms with Crippen LogP contribution in [-0.2, 0) is 32.8 Å². The molecule has 0 aliphatic rings. The zero-order valence-electron chi connectivity index (χ0n) is 23.4. The molecule has 0 spiro atoms. The molecule has 0 saturated carbocycles. The van der Waals surface area contributed by atoms with Crippen LogP contribution in [0.15, 0.2) is 78.9 Å². The lowest BCUT2D eigenvalue weighted by Gasteiger charge is -2.32. The third kappa shape index (κ3) is 8.47. The molecule has 0 bridgehead atoms. The van der Waals surface area contributed by atoms with Crippen molar-refractivity contribution >= 4 is 27.5 Å². The SMILES string of the molecule is CCNC(=O)C(CC)N(Cc1ccc(OC)cc1)C(=O)CN(c1ccc(OCc2ccccc2)cc1)S(C)(=O)=O. The van der Waals surface area contributed by atoms with Crippen LogP contribution < -0.4 is 19.1 Å². The summed E-state index contributed by atoms with van der Waals surface area (Å²) in [6, 6.07) is 22.6. The van der Waals surface area contributed by atoms with Crippen LogP contribution in [-0.4, -0.2) is 57.6 Å². The summed E-state index contributed by atoms with van der Waals surface area (Å²) in [7, 11) is -2.27. The highest BCUT2D eigenvalue weighted by Gasteiger charge is 2.31. The molecule has 3 aromatic rings. The van der Waals surface area contributed by atoms with Gasteiger partial charge >= 0.3 is 0 Å². The maximum absolute atomic E-state index is 13.7. The summed E-state index contributed by atoms with van der Waals surface area (Å²) >= 11 is 0. The van der Waals surface area contributed by atoms with Crippen molar-refractivity contribution in [1.82, 2.24) is 10.2 Å². The summed E-state index contributed by atoms with van der Waals surface area (Å²) in [6.07, 6.45) is 1.41. The summed E-state index contributed by atoms with van der Waals surface area (Å²) in [5, 5.41) is 2.78. The average Bonchev–Trinajstić information content (AvgIpc) is 2.95. The molecule has 0 heterocycles. The lowest BCUT2D eigenvalue weighted by molar-refractivity contribution is -0.140. The van der Waals surface area contributed by atoms with Crippen LogP contribution in [0.5, 0.6) is 11.5 Å². The van der Waals surface area contributed by atoms with E-state index in [-0.39, 0.29) is 12.5 Å². The Kier molecular flexibility index (Phi) is 11.0. The van der Waals surface area contributed by atoms with Gasteiger partial charge in [0.05, 0.1) is 19.1 Å². The molecule has 3 rings (SSSR count). The second-order valence-corrected chi connectivity index (χ2v) is 11.1. The molecular formula is C30H37N3O6S. The first-order valence-corrected chi connectivity index (χ1v) is 15.0. The van der Waals surface area contributed by atoms with Gasteiger partial charge in [-0.3, -0.25) is 13.9 Å². The number of carbonyl (C=O) groups is 2. The fraction of sp³-hybridized carbons (Fsp3) is 0.333. The first-order chi connectivity index (χ1) is 19.2. The van der Waals surface area contributed by atoms with Gasteiger partial charge in [-0.05, 0) is 60.9 Å². The molecule has 1 N–H and O–H groups in total. The molecule has 0 saturated heterocycles. The Balaban J connectivity index is 1.84. The van der Waals surface area contributed by atoms with Gasteiger partial charge in [-0.15, -0.1) is 0 Å². The smallest absolute Gasteiger partial charge is 0.244 e. The van der Waals surface area contributed by atoms with Crippen molar-refractivity contribution in [2.45, 2.75) is 39.5 Å². The minimum absolute atomic E-state index is 0.127. The van der Waals surface area contributed by atoms with Gasteiger partial charge in [0, 0.05) is 13.1 Å². The number of sulfonamides is 1. The van der Waals surface area contributed by atoms with E-state index < -0.39 is 28.5 Å². The summed E-state index contributed by atoms with van der Waals surface area (Å²) < 4.78 is 37.7. The number of nitrogens with one attached hydrogen (secondary N) is 1. The maximum Gasteiger partial charge on any atom is 0.244 e. The average molecular weight is 568 g/mol. The number of amides is 2. The zero-order valence-corrected chi connectivity index (χ0v) is 24.2. The topological polar surface area (TPSA) is 105 Å². The highest BCUT2D eigenvalue weighted by atomic mass is 32.2. The van der Waals surface area contributed by atoms with Crippen molar-refractivity contribution in [3.8, 4) is 11.5 Å².